The number of anilines is 1. The first-order valence-corrected chi connectivity index (χ1v) is 12.0. The van der Waals surface area contributed by atoms with Crippen LogP contribution in [0.25, 0.3) is 0 Å². The van der Waals surface area contributed by atoms with Gasteiger partial charge in [0.2, 0.25) is 10.0 Å². The van der Waals surface area contributed by atoms with Gasteiger partial charge in [0, 0.05) is 13.5 Å². The molecule has 0 amide bonds. The molecule has 0 unspecified atom stereocenters. The third-order valence-corrected chi connectivity index (χ3v) is 6.58. The quantitative estimate of drug-likeness (QED) is 0.426. The molecule has 0 fully saturated rings. The minimum Gasteiger partial charge on any atom is -0.490 e. The lowest BCUT2D eigenvalue weighted by Gasteiger charge is -2.19. The molecule has 0 aliphatic heterocycles. The van der Waals surface area contributed by atoms with Crippen LogP contribution < -0.4 is 13.8 Å². The molecule has 0 spiro atoms. The molecule has 5 nitrogen and oxygen atoms in total. The van der Waals surface area contributed by atoms with Crippen LogP contribution in [-0.4, -0.2) is 34.4 Å². The zero-order valence-electron chi connectivity index (χ0n) is 17.8. The molecule has 0 bridgehead atoms. The van der Waals surface area contributed by atoms with E-state index in [1.165, 1.54) is 4.31 Å². The molecule has 0 radical (unpaired) electrons. The van der Waals surface area contributed by atoms with Gasteiger partial charge in [0.05, 0.1) is 24.7 Å². The third kappa shape index (κ3) is 7.28. The van der Waals surface area contributed by atoms with E-state index in [2.05, 4.69) is 6.92 Å². The van der Waals surface area contributed by atoms with Crippen molar-refractivity contribution in [3.63, 3.8) is 0 Å². The molecule has 2 aromatic rings. The number of ether oxygens (including phenoxy) is 2. The Kier molecular flexibility index (Phi) is 9.32. The summed E-state index contributed by atoms with van der Waals surface area (Å²) in [4.78, 5) is 0. The standard InChI is InChI=1S/C23H33NO4S/c1-4-6-17-27-22-10-8-9-11-23(22)28-18-16-20-12-14-21(15-13-20)24(3)29(25,26)19-7-5-2/h8-15H,4-7,16-19H2,1-3H3. The highest BCUT2D eigenvalue weighted by Gasteiger charge is 2.17. The van der Waals surface area contributed by atoms with Gasteiger partial charge in [0.1, 0.15) is 0 Å². The van der Waals surface area contributed by atoms with Crippen LogP contribution >= 0.6 is 0 Å². The average molecular weight is 420 g/mol. The van der Waals surface area contributed by atoms with Crippen LogP contribution in [0.3, 0.4) is 0 Å². The maximum Gasteiger partial charge on any atom is 0.234 e. The van der Waals surface area contributed by atoms with E-state index >= 15 is 0 Å². The molecule has 0 aromatic heterocycles. The van der Waals surface area contributed by atoms with Crippen molar-refractivity contribution >= 4 is 15.7 Å². The molecule has 6 heteroatoms. The molecule has 2 aromatic carbocycles. The number of hydrogen-bond donors (Lipinski definition) is 0. The maximum absolute atomic E-state index is 12.3. The lowest BCUT2D eigenvalue weighted by atomic mass is 10.1. The molecule has 0 atom stereocenters. The van der Waals surface area contributed by atoms with Gasteiger partial charge in [-0.15, -0.1) is 0 Å². The van der Waals surface area contributed by atoms with Gasteiger partial charge in [0.25, 0.3) is 0 Å². The summed E-state index contributed by atoms with van der Waals surface area (Å²) >= 11 is 0. The van der Waals surface area contributed by atoms with Gasteiger partial charge >= 0.3 is 0 Å². The minimum absolute atomic E-state index is 0.176. The van der Waals surface area contributed by atoms with E-state index in [9.17, 15) is 8.42 Å². The molecular weight excluding hydrogens is 386 g/mol. The van der Waals surface area contributed by atoms with Crippen LogP contribution in [0, 0.1) is 0 Å². The van der Waals surface area contributed by atoms with Crippen LogP contribution in [0.15, 0.2) is 48.5 Å². The Morgan fingerprint density at radius 3 is 2.00 bits per heavy atom. The first-order chi connectivity index (χ1) is 14.0. The number of para-hydroxylation sites is 2. The monoisotopic (exact) mass is 419 g/mol. The highest BCUT2D eigenvalue weighted by Crippen LogP contribution is 2.27. The summed E-state index contributed by atoms with van der Waals surface area (Å²) in [6, 6.07) is 15.3. The van der Waals surface area contributed by atoms with Crippen molar-refractivity contribution in [3.05, 3.63) is 54.1 Å². The molecular formula is C23H33NO4S. The molecule has 0 saturated carbocycles. The molecule has 160 valence electrons. The number of rotatable bonds is 13. The van der Waals surface area contributed by atoms with Crippen molar-refractivity contribution in [2.45, 2.75) is 46.0 Å². The first kappa shape index (κ1) is 23.1. The van der Waals surface area contributed by atoms with Crippen LogP contribution in [0.4, 0.5) is 5.69 Å². The van der Waals surface area contributed by atoms with Crippen LogP contribution in [0.2, 0.25) is 0 Å². The minimum atomic E-state index is -3.26. The summed E-state index contributed by atoms with van der Waals surface area (Å²) in [5.41, 5.74) is 1.78. The number of hydrogen-bond acceptors (Lipinski definition) is 4. The predicted molar refractivity (Wildman–Crippen MR) is 120 cm³/mol. The fraction of sp³-hybridized carbons (Fsp3) is 0.478. The number of nitrogens with zero attached hydrogens (tertiary/aromatic N) is 1. The Morgan fingerprint density at radius 1 is 0.828 bits per heavy atom. The van der Waals surface area contributed by atoms with E-state index < -0.39 is 10.0 Å². The van der Waals surface area contributed by atoms with E-state index in [4.69, 9.17) is 9.47 Å². The summed E-state index contributed by atoms with van der Waals surface area (Å²) in [5, 5.41) is 0. The molecule has 0 heterocycles. The number of benzene rings is 2. The molecule has 29 heavy (non-hydrogen) atoms. The van der Waals surface area contributed by atoms with Crippen LogP contribution in [0.1, 0.15) is 45.1 Å². The number of unbranched alkanes of at least 4 members (excludes halogenated alkanes) is 2. The SMILES string of the molecule is CCCCOc1ccccc1OCCc1ccc(N(C)S(=O)(=O)CCCC)cc1. The Bertz CT molecular complexity index is 834. The van der Waals surface area contributed by atoms with Gasteiger partial charge in [-0.1, -0.05) is 51.0 Å². The summed E-state index contributed by atoms with van der Waals surface area (Å²) in [7, 11) is -1.65. The normalized spacial score (nSPS) is 11.3. The number of sulfonamides is 1. The average Bonchev–Trinajstić information content (AvgIpc) is 2.73. The van der Waals surface area contributed by atoms with E-state index in [0.717, 1.165) is 42.7 Å². The summed E-state index contributed by atoms with van der Waals surface area (Å²) < 4.78 is 37.7. The van der Waals surface area contributed by atoms with Crippen LogP contribution in [0.5, 0.6) is 11.5 Å². The van der Waals surface area contributed by atoms with E-state index in [1.54, 1.807) is 7.05 Å². The highest BCUT2D eigenvalue weighted by molar-refractivity contribution is 7.92. The summed E-state index contributed by atoms with van der Waals surface area (Å²) in [6.07, 6.45) is 4.37. The van der Waals surface area contributed by atoms with Crippen molar-refractivity contribution in [1.29, 1.82) is 0 Å². The van der Waals surface area contributed by atoms with Crippen molar-refractivity contribution in [3.8, 4) is 11.5 Å². The third-order valence-electron chi connectivity index (χ3n) is 4.73. The first-order valence-electron chi connectivity index (χ1n) is 10.4. The summed E-state index contributed by atoms with van der Waals surface area (Å²) in [6.45, 7) is 5.34. The van der Waals surface area contributed by atoms with E-state index in [0.29, 0.717) is 25.3 Å². The fourth-order valence-corrected chi connectivity index (χ4v) is 4.16. The van der Waals surface area contributed by atoms with Gasteiger partial charge in [-0.25, -0.2) is 8.42 Å². The topological polar surface area (TPSA) is 55.8 Å². The second-order valence-electron chi connectivity index (χ2n) is 7.05. The zero-order valence-corrected chi connectivity index (χ0v) is 18.6. The van der Waals surface area contributed by atoms with Gasteiger partial charge < -0.3 is 9.47 Å². The van der Waals surface area contributed by atoms with E-state index in [1.807, 2.05) is 55.5 Å². The maximum atomic E-state index is 12.3. The second kappa shape index (κ2) is 11.7. The van der Waals surface area contributed by atoms with Crippen molar-refractivity contribution in [1.82, 2.24) is 0 Å². The lowest BCUT2D eigenvalue weighted by Crippen LogP contribution is -2.28. The van der Waals surface area contributed by atoms with Gasteiger partial charge in [-0.05, 0) is 42.7 Å². The predicted octanol–water partition coefficient (Wildman–Crippen LogP) is 5.05. The molecule has 0 aliphatic carbocycles. The fourth-order valence-electron chi connectivity index (χ4n) is 2.79. The van der Waals surface area contributed by atoms with Crippen LogP contribution in [-0.2, 0) is 16.4 Å². The lowest BCUT2D eigenvalue weighted by molar-refractivity contribution is 0.266. The summed E-state index contributed by atoms with van der Waals surface area (Å²) in [5.74, 6) is 1.70. The Morgan fingerprint density at radius 2 is 1.41 bits per heavy atom. The van der Waals surface area contributed by atoms with Gasteiger partial charge in [0.15, 0.2) is 11.5 Å². The Labute approximate surface area is 175 Å². The molecule has 2 rings (SSSR count). The van der Waals surface area contributed by atoms with E-state index in [-0.39, 0.29) is 5.75 Å². The van der Waals surface area contributed by atoms with Gasteiger partial charge in [-0.3, -0.25) is 4.31 Å². The largest absolute Gasteiger partial charge is 0.490 e. The van der Waals surface area contributed by atoms with Crippen molar-refractivity contribution in [2.75, 3.05) is 30.3 Å². The van der Waals surface area contributed by atoms with Gasteiger partial charge in [-0.2, -0.15) is 0 Å². The zero-order chi connectivity index (χ0) is 21.1. The Hall–Kier alpha value is -2.21. The van der Waals surface area contributed by atoms with Crippen molar-refractivity contribution in [2.24, 2.45) is 0 Å². The molecule has 0 N–H and O–H groups in total. The molecule has 0 aliphatic rings. The smallest absolute Gasteiger partial charge is 0.234 e. The van der Waals surface area contributed by atoms with Crippen molar-refractivity contribution < 1.29 is 17.9 Å². The molecule has 0 saturated heterocycles. The highest BCUT2D eigenvalue weighted by atomic mass is 32.2. The second-order valence-corrected chi connectivity index (χ2v) is 9.17. The Balaban J connectivity index is 1.90.